The lowest BCUT2D eigenvalue weighted by atomic mass is 10.4. The SMILES string of the molecule is Cc1ccc(CNCCc2ncnn2C)o1. The Morgan fingerprint density at radius 2 is 2.31 bits per heavy atom. The van der Waals surface area contributed by atoms with Crippen LogP contribution in [-0.2, 0) is 20.0 Å². The Bertz CT molecular complexity index is 446. The molecule has 0 saturated heterocycles. The van der Waals surface area contributed by atoms with E-state index in [4.69, 9.17) is 4.42 Å². The molecule has 0 aromatic carbocycles. The number of aryl methyl sites for hydroxylation is 2. The number of nitrogens with one attached hydrogen (secondary N) is 1. The normalized spacial score (nSPS) is 10.9. The van der Waals surface area contributed by atoms with Crippen molar-refractivity contribution in [3.8, 4) is 0 Å². The number of rotatable bonds is 5. The van der Waals surface area contributed by atoms with Crippen LogP contribution in [0, 0.1) is 6.92 Å². The zero-order valence-electron chi connectivity index (χ0n) is 9.60. The van der Waals surface area contributed by atoms with Crippen LogP contribution in [0.1, 0.15) is 17.3 Å². The lowest BCUT2D eigenvalue weighted by molar-refractivity contribution is 0.461. The van der Waals surface area contributed by atoms with Gasteiger partial charge in [0.2, 0.25) is 0 Å². The van der Waals surface area contributed by atoms with Gasteiger partial charge < -0.3 is 9.73 Å². The van der Waals surface area contributed by atoms with E-state index < -0.39 is 0 Å². The average molecular weight is 220 g/mol. The average Bonchev–Trinajstić information content (AvgIpc) is 2.83. The van der Waals surface area contributed by atoms with E-state index in [1.165, 1.54) is 0 Å². The van der Waals surface area contributed by atoms with Crippen LogP contribution >= 0.6 is 0 Å². The Balaban J connectivity index is 1.71. The van der Waals surface area contributed by atoms with Crippen LogP contribution in [0.3, 0.4) is 0 Å². The monoisotopic (exact) mass is 220 g/mol. The van der Waals surface area contributed by atoms with Crippen molar-refractivity contribution in [3.05, 3.63) is 35.8 Å². The first-order valence-electron chi connectivity index (χ1n) is 5.34. The van der Waals surface area contributed by atoms with E-state index >= 15 is 0 Å². The number of hydrogen-bond acceptors (Lipinski definition) is 4. The fourth-order valence-electron chi connectivity index (χ4n) is 1.54. The number of nitrogens with zero attached hydrogens (tertiary/aromatic N) is 3. The molecule has 0 aliphatic rings. The second kappa shape index (κ2) is 4.94. The van der Waals surface area contributed by atoms with E-state index in [0.29, 0.717) is 0 Å². The van der Waals surface area contributed by atoms with Gasteiger partial charge in [0.05, 0.1) is 6.54 Å². The molecule has 0 unspecified atom stereocenters. The largest absolute Gasteiger partial charge is 0.465 e. The van der Waals surface area contributed by atoms with Gasteiger partial charge in [0, 0.05) is 20.0 Å². The second-order valence-electron chi connectivity index (χ2n) is 3.74. The van der Waals surface area contributed by atoms with Crippen molar-refractivity contribution in [2.75, 3.05) is 6.54 Å². The van der Waals surface area contributed by atoms with Crippen LogP contribution in [-0.4, -0.2) is 21.3 Å². The molecule has 0 atom stereocenters. The summed E-state index contributed by atoms with van der Waals surface area (Å²) < 4.78 is 7.24. The molecule has 16 heavy (non-hydrogen) atoms. The standard InChI is InChI=1S/C11H16N4O/c1-9-3-4-10(16-9)7-12-6-5-11-13-8-14-15(11)2/h3-4,8,12H,5-7H2,1-2H3. The summed E-state index contributed by atoms with van der Waals surface area (Å²) in [6, 6.07) is 3.96. The van der Waals surface area contributed by atoms with Crippen molar-refractivity contribution in [1.82, 2.24) is 20.1 Å². The van der Waals surface area contributed by atoms with Crippen molar-refractivity contribution in [2.45, 2.75) is 19.9 Å². The lowest BCUT2D eigenvalue weighted by Gasteiger charge is -2.02. The quantitative estimate of drug-likeness (QED) is 0.765. The molecule has 0 aliphatic carbocycles. The number of hydrogen-bond donors (Lipinski definition) is 1. The first-order chi connectivity index (χ1) is 7.75. The lowest BCUT2D eigenvalue weighted by Crippen LogP contribution is -2.18. The highest BCUT2D eigenvalue weighted by atomic mass is 16.3. The van der Waals surface area contributed by atoms with Gasteiger partial charge >= 0.3 is 0 Å². The summed E-state index contributed by atoms with van der Waals surface area (Å²) >= 11 is 0. The number of aromatic nitrogens is 3. The molecule has 0 spiro atoms. The summed E-state index contributed by atoms with van der Waals surface area (Å²) in [4.78, 5) is 4.15. The molecule has 0 radical (unpaired) electrons. The Kier molecular flexibility index (Phi) is 3.36. The second-order valence-corrected chi connectivity index (χ2v) is 3.74. The predicted molar refractivity (Wildman–Crippen MR) is 59.9 cm³/mol. The Morgan fingerprint density at radius 1 is 1.44 bits per heavy atom. The fourth-order valence-corrected chi connectivity index (χ4v) is 1.54. The molecular formula is C11H16N4O. The van der Waals surface area contributed by atoms with Crippen molar-refractivity contribution < 1.29 is 4.42 Å². The van der Waals surface area contributed by atoms with Crippen molar-refractivity contribution in [2.24, 2.45) is 7.05 Å². The molecule has 2 aromatic rings. The molecule has 5 nitrogen and oxygen atoms in total. The number of furan rings is 1. The maximum Gasteiger partial charge on any atom is 0.138 e. The highest BCUT2D eigenvalue weighted by Crippen LogP contribution is 2.05. The summed E-state index contributed by atoms with van der Waals surface area (Å²) in [5.41, 5.74) is 0. The predicted octanol–water partition coefficient (Wildman–Crippen LogP) is 1.05. The van der Waals surface area contributed by atoms with Crippen molar-refractivity contribution in [1.29, 1.82) is 0 Å². The van der Waals surface area contributed by atoms with Crippen LogP contribution in [0.25, 0.3) is 0 Å². The molecule has 0 saturated carbocycles. The van der Waals surface area contributed by atoms with Crippen LogP contribution in [0.4, 0.5) is 0 Å². The molecule has 86 valence electrons. The summed E-state index contributed by atoms with van der Waals surface area (Å²) in [6.07, 6.45) is 2.45. The smallest absolute Gasteiger partial charge is 0.138 e. The minimum absolute atomic E-state index is 0.756. The molecule has 0 amide bonds. The van der Waals surface area contributed by atoms with Crippen molar-refractivity contribution >= 4 is 0 Å². The Morgan fingerprint density at radius 3 is 2.94 bits per heavy atom. The molecule has 0 fully saturated rings. The molecule has 1 N–H and O–H groups in total. The van der Waals surface area contributed by atoms with E-state index in [1.54, 1.807) is 11.0 Å². The van der Waals surface area contributed by atoms with Gasteiger partial charge in [0.1, 0.15) is 23.7 Å². The molecule has 2 aromatic heterocycles. The van der Waals surface area contributed by atoms with E-state index in [1.807, 2.05) is 26.1 Å². The van der Waals surface area contributed by atoms with Gasteiger partial charge in [0.25, 0.3) is 0 Å². The van der Waals surface area contributed by atoms with E-state index in [0.717, 1.165) is 36.9 Å². The third-order valence-corrected chi connectivity index (χ3v) is 2.43. The summed E-state index contributed by atoms with van der Waals surface area (Å²) in [5.74, 6) is 2.91. The fraction of sp³-hybridized carbons (Fsp3) is 0.455. The molecular weight excluding hydrogens is 204 g/mol. The molecule has 2 heterocycles. The van der Waals surface area contributed by atoms with Gasteiger partial charge in [-0.05, 0) is 19.1 Å². The summed E-state index contributed by atoms with van der Waals surface area (Å²) in [7, 11) is 1.90. The first-order valence-corrected chi connectivity index (χ1v) is 5.34. The molecule has 0 aliphatic heterocycles. The van der Waals surface area contributed by atoms with Gasteiger partial charge in [-0.15, -0.1) is 0 Å². The summed E-state index contributed by atoms with van der Waals surface area (Å²) in [6.45, 7) is 3.57. The Labute approximate surface area is 94.5 Å². The van der Waals surface area contributed by atoms with Crippen LogP contribution in [0.2, 0.25) is 0 Å². The Hall–Kier alpha value is -1.62. The van der Waals surface area contributed by atoms with Gasteiger partial charge in [-0.25, -0.2) is 4.98 Å². The van der Waals surface area contributed by atoms with E-state index in [2.05, 4.69) is 15.4 Å². The van der Waals surface area contributed by atoms with Gasteiger partial charge in [-0.3, -0.25) is 4.68 Å². The molecule has 5 heteroatoms. The van der Waals surface area contributed by atoms with Crippen LogP contribution < -0.4 is 5.32 Å². The maximum atomic E-state index is 5.45. The third-order valence-electron chi connectivity index (χ3n) is 2.43. The summed E-state index contributed by atoms with van der Waals surface area (Å²) in [5, 5.41) is 7.32. The zero-order valence-corrected chi connectivity index (χ0v) is 9.60. The van der Waals surface area contributed by atoms with Crippen molar-refractivity contribution in [3.63, 3.8) is 0 Å². The van der Waals surface area contributed by atoms with Gasteiger partial charge in [-0.1, -0.05) is 0 Å². The topological polar surface area (TPSA) is 55.9 Å². The minimum Gasteiger partial charge on any atom is -0.465 e. The minimum atomic E-state index is 0.756. The van der Waals surface area contributed by atoms with Crippen LogP contribution in [0.15, 0.2) is 22.9 Å². The zero-order chi connectivity index (χ0) is 11.4. The molecule has 0 bridgehead atoms. The van der Waals surface area contributed by atoms with E-state index in [-0.39, 0.29) is 0 Å². The highest BCUT2D eigenvalue weighted by Gasteiger charge is 2.01. The van der Waals surface area contributed by atoms with Crippen LogP contribution in [0.5, 0.6) is 0 Å². The molecule has 2 rings (SSSR count). The van der Waals surface area contributed by atoms with E-state index in [9.17, 15) is 0 Å². The highest BCUT2D eigenvalue weighted by molar-refractivity contribution is 5.05. The maximum absolute atomic E-state index is 5.45. The van der Waals surface area contributed by atoms with Gasteiger partial charge in [-0.2, -0.15) is 5.10 Å². The first kappa shape index (κ1) is 10.9. The third kappa shape index (κ3) is 2.70. The van der Waals surface area contributed by atoms with Gasteiger partial charge in [0.15, 0.2) is 0 Å².